The summed E-state index contributed by atoms with van der Waals surface area (Å²) < 4.78 is 0.892. The van der Waals surface area contributed by atoms with Gasteiger partial charge in [-0.25, -0.2) is 10.3 Å². The molecule has 0 aromatic heterocycles. The van der Waals surface area contributed by atoms with Gasteiger partial charge in [-0.3, -0.25) is 14.8 Å². The summed E-state index contributed by atoms with van der Waals surface area (Å²) in [6, 6.07) is 14.9. The second kappa shape index (κ2) is 12.6. The van der Waals surface area contributed by atoms with Crippen LogP contribution in [0.5, 0.6) is 0 Å². The van der Waals surface area contributed by atoms with Gasteiger partial charge in [0.2, 0.25) is 11.8 Å². The SMILES string of the molecule is O=C(CCCCCC(NC(=O)Nc1ccc(Br)cc1)C(=O)Nc1ccccc1)NO. The summed E-state index contributed by atoms with van der Waals surface area (Å²) in [4.78, 5) is 36.2. The first-order valence-electron chi connectivity index (χ1n) is 9.60. The summed E-state index contributed by atoms with van der Waals surface area (Å²) in [6.07, 6.45) is 2.50. The van der Waals surface area contributed by atoms with E-state index in [1.54, 1.807) is 41.9 Å². The van der Waals surface area contributed by atoms with E-state index in [2.05, 4.69) is 31.9 Å². The molecule has 0 aliphatic rings. The van der Waals surface area contributed by atoms with Crippen molar-refractivity contribution in [2.24, 2.45) is 0 Å². The summed E-state index contributed by atoms with van der Waals surface area (Å²) in [5.74, 6) is -0.763. The molecule has 0 aliphatic carbocycles. The van der Waals surface area contributed by atoms with Crippen molar-refractivity contribution in [3.8, 4) is 0 Å². The van der Waals surface area contributed by atoms with E-state index in [4.69, 9.17) is 5.21 Å². The van der Waals surface area contributed by atoms with Gasteiger partial charge in [-0.1, -0.05) is 47.0 Å². The highest BCUT2D eigenvalue weighted by Crippen LogP contribution is 2.15. The molecular formula is C21H25BrN4O4. The zero-order valence-electron chi connectivity index (χ0n) is 16.4. The lowest BCUT2D eigenvalue weighted by Crippen LogP contribution is -2.45. The molecule has 0 fully saturated rings. The predicted octanol–water partition coefficient (Wildman–Crippen LogP) is 4.03. The number of carbonyl (C=O) groups excluding carboxylic acids is 3. The Labute approximate surface area is 183 Å². The number of amides is 4. The van der Waals surface area contributed by atoms with Gasteiger partial charge in [0, 0.05) is 22.3 Å². The van der Waals surface area contributed by atoms with Crippen molar-refractivity contribution in [1.29, 1.82) is 0 Å². The van der Waals surface area contributed by atoms with Crippen LogP contribution >= 0.6 is 15.9 Å². The van der Waals surface area contributed by atoms with E-state index in [-0.39, 0.29) is 12.3 Å². The van der Waals surface area contributed by atoms with E-state index >= 15 is 0 Å². The Morgan fingerprint density at radius 2 is 1.53 bits per heavy atom. The van der Waals surface area contributed by atoms with Gasteiger partial charge in [0.15, 0.2) is 0 Å². The van der Waals surface area contributed by atoms with Crippen LogP contribution in [0.2, 0.25) is 0 Å². The third-order valence-electron chi connectivity index (χ3n) is 4.29. The minimum atomic E-state index is -0.743. The number of hydrogen-bond acceptors (Lipinski definition) is 4. The second-order valence-corrected chi connectivity index (χ2v) is 7.56. The van der Waals surface area contributed by atoms with Crippen LogP contribution in [0.4, 0.5) is 16.2 Å². The van der Waals surface area contributed by atoms with Crippen LogP contribution in [0.3, 0.4) is 0 Å². The van der Waals surface area contributed by atoms with Gasteiger partial charge in [-0.15, -0.1) is 0 Å². The highest BCUT2D eigenvalue weighted by molar-refractivity contribution is 9.10. The average molecular weight is 477 g/mol. The molecule has 5 N–H and O–H groups in total. The largest absolute Gasteiger partial charge is 0.326 e. The average Bonchev–Trinajstić information content (AvgIpc) is 2.74. The Morgan fingerprint density at radius 3 is 2.20 bits per heavy atom. The molecule has 0 radical (unpaired) electrons. The number of urea groups is 1. The smallest absolute Gasteiger partial charge is 0.319 e. The lowest BCUT2D eigenvalue weighted by Gasteiger charge is -2.19. The molecule has 9 heteroatoms. The Balaban J connectivity index is 1.92. The van der Waals surface area contributed by atoms with Gasteiger partial charge in [0.1, 0.15) is 6.04 Å². The zero-order chi connectivity index (χ0) is 21.8. The topological polar surface area (TPSA) is 120 Å². The summed E-state index contributed by atoms with van der Waals surface area (Å²) in [7, 11) is 0. The molecule has 1 atom stereocenters. The molecule has 0 saturated carbocycles. The van der Waals surface area contributed by atoms with E-state index in [9.17, 15) is 14.4 Å². The van der Waals surface area contributed by atoms with Crippen molar-refractivity contribution in [3.63, 3.8) is 0 Å². The van der Waals surface area contributed by atoms with Gasteiger partial charge in [-0.2, -0.15) is 0 Å². The summed E-state index contributed by atoms with van der Waals surface area (Å²) in [5, 5.41) is 16.7. The van der Waals surface area contributed by atoms with Crippen LogP contribution in [0.15, 0.2) is 59.1 Å². The van der Waals surface area contributed by atoms with Crippen LogP contribution in [0.25, 0.3) is 0 Å². The molecule has 30 heavy (non-hydrogen) atoms. The monoisotopic (exact) mass is 476 g/mol. The first-order chi connectivity index (χ1) is 14.5. The molecule has 8 nitrogen and oxygen atoms in total. The molecule has 1 unspecified atom stereocenters. The summed E-state index contributed by atoms with van der Waals surface area (Å²) >= 11 is 3.34. The highest BCUT2D eigenvalue weighted by atomic mass is 79.9. The molecule has 4 amide bonds. The molecule has 0 heterocycles. The Kier molecular flexibility index (Phi) is 9.82. The third-order valence-corrected chi connectivity index (χ3v) is 4.82. The number of carbonyl (C=O) groups is 3. The van der Waals surface area contributed by atoms with Gasteiger partial charge < -0.3 is 16.0 Å². The third kappa shape index (κ3) is 8.62. The Hall–Kier alpha value is -2.91. The number of halogens is 1. The minimum absolute atomic E-state index is 0.203. The van der Waals surface area contributed by atoms with Gasteiger partial charge in [-0.05, 0) is 49.2 Å². The predicted molar refractivity (Wildman–Crippen MR) is 118 cm³/mol. The fourth-order valence-corrected chi connectivity index (χ4v) is 3.01. The van der Waals surface area contributed by atoms with E-state index in [0.29, 0.717) is 37.1 Å². The molecule has 0 bridgehead atoms. The maximum atomic E-state index is 12.7. The lowest BCUT2D eigenvalue weighted by molar-refractivity contribution is -0.129. The highest BCUT2D eigenvalue weighted by Gasteiger charge is 2.20. The fourth-order valence-electron chi connectivity index (χ4n) is 2.75. The van der Waals surface area contributed by atoms with Crippen molar-refractivity contribution in [2.45, 2.75) is 38.1 Å². The van der Waals surface area contributed by atoms with Gasteiger partial charge in [0.05, 0.1) is 0 Å². The molecular weight excluding hydrogens is 452 g/mol. The summed E-state index contributed by atoms with van der Waals surface area (Å²) in [6.45, 7) is 0. The number of hydroxylamine groups is 1. The first-order valence-corrected chi connectivity index (χ1v) is 10.4. The minimum Gasteiger partial charge on any atom is -0.326 e. The fraction of sp³-hybridized carbons (Fsp3) is 0.286. The lowest BCUT2D eigenvalue weighted by atomic mass is 10.1. The van der Waals surface area contributed by atoms with Crippen LogP contribution in [-0.2, 0) is 9.59 Å². The maximum absolute atomic E-state index is 12.7. The second-order valence-electron chi connectivity index (χ2n) is 6.65. The molecule has 0 spiro atoms. The number of nitrogens with one attached hydrogen (secondary N) is 4. The van der Waals surface area contributed by atoms with E-state index in [1.165, 1.54) is 0 Å². The number of benzene rings is 2. The van der Waals surface area contributed by atoms with E-state index in [0.717, 1.165) is 4.47 Å². The van der Waals surface area contributed by atoms with Crippen LogP contribution < -0.4 is 21.4 Å². The van der Waals surface area contributed by atoms with Crippen molar-refractivity contribution in [1.82, 2.24) is 10.8 Å². The standard InChI is InChI=1S/C21H25BrN4O4/c22-15-11-13-17(14-12-15)24-21(29)25-18(9-5-2-6-10-19(27)26-30)20(28)23-16-7-3-1-4-8-16/h1,3-4,7-8,11-14,18,30H,2,5-6,9-10H2,(H,23,28)(H,26,27)(H2,24,25,29). The van der Waals surface area contributed by atoms with E-state index in [1.807, 2.05) is 18.2 Å². The molecule has 2 aromatic carbocycles. The molecule has 0 aliphatic heterocycles. The molecule has 0 saturated heterocycles. The molecule has 2 aromatic rings. The first kappa shape index (κ1) is 23.4. The van der Waals surface area contributed by atoms with Gasteiger partial charge in [0.25, 0.3) is 0 Å². The summed E-state index contributed by atoms with van der Waals surface area (Å²) in [5.41, 5.74) is 2.84. The zero-order valence-corrected chi connectivity index (χ0v) is 17.9. The van der Waals surface area contributed by atoms with Crippen LogP contribution in [-0.4, -0.2) is 29.1 Å². The Bertz CT molecular complexity index is 831. The van der Waals surface area contributed by atoms with Gasteiger partial charge >= 0.3 is 6.03 Å². The van der Waals surface area contributed by atoms with Crippen molar-refractivity contribution < 1.29 is 19.6 Å². The Morgan fingerprint density at radius 1 is 0.867 bits per heavy atom. The van der Waals surface area contributed by atoms with Crippen LogP contribution in [0, 0.1) is 0 Å². The number of rotatable bonds is 10. The molecule has 2 rings (SSSR count). The van der Waals surface area contributed by atoms with E-state index < -0.39 is 18.0 Å². The normalized spacial score (nSPS) is 11.3. The quantitative estimate of drug-likeness (QED) is 0.202. The van der Waals surface area contributed by atoms with Crippen molar-refractivity contribution in [3.05, 3.63) is 59.1 Å². The number of para-hydroxylation sites is 1. The number of anilines is 2. The number of hydrogen-bond donors (Lipinski definition) is 5. The van der Waals surface area contributed by atoms with Crippen LogP contribution in [0.1, 0.15) is 32.1 Å². The molecule has 160 valence electrons. The van der Waals surface area contributed by atoms with Crippen molar-refractivity contribution in [2.75, 3.05) is 10.6 Å². The maximum Gasteiger partial charge on any atom is 0.319 e. The number of unbranched alkanes of at least 4 members (excludes halogenated alkanes) is 2. The van der Waals surface area contributed by atoms with Crippen molar-refractivity contribution >= 4 is 45.2 Å².